The molecule has 0 aromatic heterocycles. The van der Waals surface area contributed by atoms with E-state index >= 15 is 0 Å². The molecule has 2 heteroatoms. The molecule has 0 saturated heterocycles. The van der Waals surface area contributed by atoms with Gasteiger partial charge in [0.1, 0.15) is 5.76 Å². The number of aliphatic imine (C=N–C) groups is 1. The third-order valence-electron chi connectivity index (χ3n) is 0.804. The zero-order chi connectivity index (χ0) is 7.28. The summed E-state index contributed by atoms with van der Waals surface area (Å²) in [7, 11) is 0. The Balaban J connectivity index is 3.71. The molecule has 0 amide bonds. The summed E-state index contributed by atoms with van der Waals surface area (Å²) in [4.78, 5) is 3.77. The second kappa shape index (κ2) is 3.89. The summed E-state index contributed by atoms with van der Waals surface area (Å²) in [6, 6.07) is 0. The van der Waals surface area contributed by atoms with E-state index in [4.69, 9.17) is 5.11 Å². The maximum atomic E-state index is 8.51. The Labute approximate surface area is 55.2 Å². The molecule has 0 aromatic carbocycles. The Kier molecular flexibility index (Phi) is 3.44. The van der Waals surface area contributed by atoms with E-state index < -0.39 is 0 Å². The van der Waals surface area contributed by atoms with Gasteiger partial charge in [0.25, 0.3) is 0 Å². The van der Waals surface area contributed by atoms with Crippen molar-refractivity contribution in [1.82, 2.24) is 0 Å². The van der Waals surface area contributed by atoms with Crippen molar-refractivity contribution in [1.29, 1.82) is 0 Å². The number of aliphatic hydroxyl groups excluding tert-OH is 1. The van der Waals surface area contributed by atoms with E-state index in [0.29, 0.717) is 0 Å². The zero-order valence-electron chi connectivity index (χ0n) is 5.59. The highest BCUT2D eigenvalue weighted by Gasteiger charge is 1.81. The molecule has 0 bridgehead atoms. The van der Waals surface area contributed by atoms with Crippen LogP contribution < -0.4 is 0 Å². The molecule has 0 rings (SSSR count). The molecule has 0 spiro atoms. The highest BCUT2D eigenvalue weighted by atomic mass is 16.3. The van der Waals surface area contributed by atoms with Crippen molar-refractivity contribution in [2.24, 2.45) is 4.99 Å². The third-order valence-corrected chi connectivity index (χ3v) is 0.804. The lowest BCUT2D eigenvalue weighted by molar-refractivity contribution is 0.449. The molecule has 0 unspecified atom stereocenters. The second-order valence-electron chi connectivity index (χ2n) is 1.67. The standard InChI is InChI=1S/C7H11NO/c1-4-6(2)8-5-7(3)9/h5,9H,2-4H2,1H3. The van der Waals surface area contributed by atoms with Gasteiger partial charge in [-0.05, 0) is 6.42 Å². The fourth-order valence-electron chi connectivity index (χ4n) is 0.257. The quantitative estimate of drug-likeness (QED) is 0.454. The number of allylic oxidation sites excluding steroid dienone is 2. The van der Waals surface area contributed by atoms with E-state index in [1.165, 1.54) is 6.21 Å². The van der Waals surface area contributed by atoms with Crippen LogP contribution in [0, 0.1) is 0 Å². The van der Waals surface area contributed by atoms with Crippen molar-refractivity contribution < 1.29 is 5.11 Å². The molecule has 9 heavy (non-hydrogen) atoms. The van der Waals surface area contributed by atoms with Gasteiger partial charge < -0.3 is 5.11 Å². The molecule has 0 saturated carbocycles. The number of hydrogen-bond donors (Lipinski definition) is 1. The Morgan fingerprint density at radius 3 is 2.56 bits per heavy atom. The van der Waals surface area contributed by atoms with Crippen molar-refractivity contribution in [3.05, 3.63) is 24.6 Å². The van der Waals surface area contributed by atoms with E-state index in [-0.39, 0.29) is 5.76 Å². The van der Waals surface area contributed by atoms with Crippen LogP contribution in [0.2, 0.25) is 0 Å². The summed E-state index contributed by atoms with van der Waals surface area (Å²) in [6.07, 6.45) is 2.08. The van der Waals surface area contributed by atoms with Gasteiger partial charge in [0.2, 0.25) is 0 Å². The smallest absolute Gasteiger partial charge is 0.126 e. The predicted molar refractivity (Wildman–Crippen MR) is 39.7 cm³/mol. The molecule has 1 N–H and O–H groups in total. The van der Waals surface area contributed by atoms with Crippen LogP contribution in [0.1, 0.15) is 13.3 Å². The van der Waals surface area contributed by atoms with E-state index in [2.05, 4.69) is 18.2 Å². The second-order valence-corrected chi connectivity index (χ2v) is 1.67. The zero-order valence-corrected chi connectivity index (χ0v) is 5.59. The number of aliphatic hydroxyl groups is 1. The first-order chi connectivity index (χ1) is 4.16. The Morgan fingerprint density at radius 2 is 2.22 bits per heavy atom. The molecule has 0 aliphatic heterocycles. The molecular weight excluding hydrogens is 114 g/mol. The highest BCUT2D eigenvalue weighted by Crippen LogP contribution is 1.96. The Morgan fingerprint density at radius 1 is 1.67 bits per heavy atom. The number of rotatable bonds is 3. The monoisotopic (exact) mass is 125 g/mol. The molecule has 0 heterocycles. The molecule has 0 fully saturated rings. The number of hydrogen-bond acceptors (Lipinski definition) is 2. The highest BCUT2D eigenvalue weighted by molar-refractivity contribution is 5.75. The van der Waals surface area contributed by atoms with Gasteiger partial charge in [0.05, 0.1) is 6.21 Å². The third kappa shape index (κ3) is 4.81. The topological polar surface area (TPSA) is 32.6 Å². The van der Waals surface area contributed by atoms with Crippen molar-refractivity contribution in [3.8, 4) is 0 Å². The summed E-state index contributed by atoms with van der Waals surface area (Å²) in [5, 5.41) is 8.51. The largest absolute Gasteiger partial charge is 0.507 e. The van der Waals surface area contributed by atoms with Gasteiger partial charge in [-0.1, -0.05) is 20.1 Å². The summed E-state index contributed by atoms with van der Waals surface area (Å²) in [6.45, 7) is 8.77. The van der Waals surface area contributed by atoms with Gasteiger partial charge in [-0.25, -0.2) is 0 Å². The summed E-state index contributed by atoms with van der Waals surface area (Å²) < 4.78 is 0. The molecular formula is C7H11NO. The van der Waals surface area contributed by atoms with Gasteiger partial charge in [-0.15, -0.1) is 0 Å². The van der Waals surface area contributed by atoms with Crippen LogP contribution in [-0.2, 0) is 0 Å². The SMILES string of the molecule is C=C(O)C=NC(=C)CC. The van der Waals surface area contributed by atoms with E-state index in [1.807, 2.05) is 6.92 Å². The molecule has 50 valence electrons. The average Bonchev–Trinajstić information content (AvgIpc) is 1.83. The first kappa shape index (κ1) is 7.95. The minimum atomic E-state index is -0.0374. The van der Waals surface area contributed by atoms with E-state index in [0.717, 1.165) is 12.1 Å². The average molecular weight is 125 g/mol. The maximum absolute atomic E-state index is 8.51. The molecule has 0 aliphatic rings. The fraction of sp³-hybridized carbons (Fsp3) is 0.286. The molecule has 0 atom stereocenters. The van der Waals surface area contributed by atoms with Crippen molar-refractivity contribution in [2.75, 3.05) is 0 Å². The van der Waals surface area contributed by atoms with Gasteiger partial charge in [-0.2, -0.15) is 0 Å². The first-order valence-corrected chi connectivity index (χ1v) is 2.76. The lowest BCUT2D eigenvalue weighted by Gasteiger charge is -1.89. The predicted octanol–water partition coefficient (Wildman–Crippen LogP) is 2.05. The molecule has 2 nitrogen and oxygen atoms in total. The van der Waals surface area contributed by atoms with Crippen LogP contribution >= 0.6 is 0 Å². The van der Waals surface area contributed by atoms with Gasteiger partial charge in [0, 0.05) is 5.70 Å². The first-order valence-electron chi connectivity index (χ1n) is 2.76. The normalized spacial score (nSPS) is 9.89. The lowest BCUT2D eigenvalue weighted by Crippen LogP contribution is -1.79. The molecule has 0 aliphatic carbocycles. The van der Waals surface area contributed by atoms with Gasteiger partial charge in [0.15, 0.2) is 0 Å². The minimum Gasteiger partial charge on any atom is -0.507 e. The van der Waals surface area contributed by atoms with Crippen LogP contribution in [0.4, 0.5) is 0 Å². The van der Waals surface area contributed by atoms with Crippen LogP contribution in [0.5, 0.6) is 0 Å². The van der Waals surface area contributed by atoms with E-state index in [9.17, 15) is 0 Å². The van der Waals surface area contributed by atoms with E-state index in [1.54, 1.807) is 0 Å². The maximum Gasteiger partial charge on any atom is 0.126 e. The van der Waals surface area contributed by atoms with Crippen molar-refractivity contribution in [2.45, 2.75) is 13.3 Å². The molecule has 0 aromatic rings. The van der Waals surface area contributed by atoms with Crippen molar-refractivity contribution in [3.63, 3.8) is 0 Å². The summed E-state index contributed by atoms with van der Waals surface area (Å²) in [5.41, 5.74) is 0.741. The Bertz CT molecular complexity index is 147. The number of nitrogens with zero attached hydrogens (tertiary/aromatic N) is 1. The molecule has 0 radical (unpaired) electrons. The van der Waals surface area contributed by atoms with Crippen LogP contribution in [0.15, 0.2) is 29.6 Å². The summed E-state index contributed by atoms with van der Waals surface area (Å²) >= 11 is 0. The van der Waals surface area contributed by atoms with Crippen LogP contribution in [0.25, 0.3) is 0 Å². The lowest BCUT2D eigenvalue weighted by atomic mass is 10.4. The van der Waals surface area contributed by atoms with Crippen molar-refractivity contribution >= 4 is 6.21 Å². The summed E-state index contributed by atoms with van der Waals surface area (Å²) in [5.74, 6) is -0.0374. The van der Waals surface area contributed by atoms with Crippen LogP contribution in [0.3, 0.4) is 0 Å². The minimum absolute atomic E-state index is 0.0374. The Hall–Kier alpha value is -1.05. The fourth-order valence-corrected chi connectivity index (χ4v) is 0.257. The van der Waals surface area contributed by atoms with Gasteiger partial charge >= 0.3 is 0 Å². The van der Waals surface area contributed by atoms with Gasteiger partial charge in [-0.3, -0.25) is 4.99 Å². The van der Waals surface area contributed by atoms with Crippen LogP contribution in [-0.4, -0.2) is 11.3 Å².